The second kappa shape index (κ2) is 2.92. The van der Waals surface area contributed by atoms with Gasteiger partial charge in [0.1, 0.15) is 0 Å². The normalized spacial score (nSPS) is 40.4. The Bertz CT molecular complexity index is 220. The molecule has 1 heterocycles. The molecule has 0 spiro atoms. The van der Waals surface area contributed by atoms with E-state index < -0.39 is 0 Å². The molecular weight excluding hydrogens is 152 g/mol. The summed E-state index contributed by atoms with van der Waals surface area (Å²) in [5.74, 6) is 1.08. The molecule has 1 fully saturated rings. The van der Waals surface area contributed by atoms with Crippen molar-refractivity contribution < 1.29 is 9.53 Å². The summed E-state index contributed by atoms with van der Waals surface area (Å²) < 4.78 is 5.04. The van der Waals surface area contributed by atoms with E-state index in [9.17, 15) is 4.79 Å². The van der Waals surface area contributed by atoms with Crippen molar-refractivity contribution in [1.29, 1.82) is 0 Å². The van der Waals surface area contributed by atoms with Crippen LogP contribution in [0, 0.1) is 17.8 Å². The van der Waals surface area contributed by atoms with Crippen molar-refractivity contribution in [1.82, 2.24) is 0 Å². The highest BCUT2D eigenvalue weighted by atomic mass is 16.5. The first-order valence-corrected chi connectivity index (χ1v) is 4.62. The van der Waals surface area contributed by atoms with Crippen LogP contribution in [-0.4, -0.2) is 12.6 Å². The lowest BCUT2D eigenvalue weighted by atomic mass is 9.74. The Kier molecular flexibility index (Phi) is 1.91. The van der Waals surface area contributed by atoms with E-state index in [0.29, 0.717) is 18.4 Å². The highest BCUT2D eigenvalue weighted by Crippen LogP contribution is 2.35. The predicted molar refractivity (Wildman–Crippen MR) is 45.5 cm³/mol. The summed E-state index contributed by atoms with van der Waals surface area (Å²) in [5, 5.41) is 0. The number of fused-ring (bicyclic) bond motifs is 1. The number of hydrogen-bond acceptors (Lipinski definition) is 2. The van der Waals surface area contributed by atoms with Crippen molar-refractivity contribution in [3.8, 4) is 0 Å². The fourth-order valence-electron chi connectivity index (χ4n) is 2.23. The third-order valence-electron chi connectivity index (χ3n) is 2.93. The quantitative estimate of drug-likeness (QED) is 0.405. The van der Waals surface area contributed by atoms with Crippen molar-refractivity contribution in [2.75, 3.05) is 6.61 Å². The summed E-state index contributed by atoms with van der Waals surface area (Å²) >= 11 is 0. The van der Waals surface area contributed by atoms with Gasteiger partial charge in [0.25, 0.3) is 0 Å². The van der Waals surface area contributed by atoms with Gasteiger partial charge >= 0.3 is 5.97 Å². The molecule has 0 unspecified atom stereocenters. The van der Waals surface area contributed by atoms with Crippen molar-refractivity contribution >= 4 is 5.97 Å². The van der Waals surface area contributed by atoms with Crippen molar-refractivity contribution in [2.24, 2.45) is 17.8 Å². The third-order valence-corrected chi connectivity index (χ3v) is 2.93. The number of rotatable bonds is 0. The van der Waals surface area contributed by atoms with Gasteiger partial charge in [0.2, 0.25) is 0 Å². The molecule has 2 nitrogen and oxygen atoms in total. The molecular formula is C10H14O2. The van der Waals surface area contributed by atoms with Crippen LogP contribution in [0.5, 0.6) is 0 Å². The van der Waals surface area contributed by atoms with Crippen LogP contribution in [-0.2, 0) is 9.53 Å². The van der Waals surface area contributed by atoms with Crippen LogP contribution in [0.2, 0.25) is 0 Å². The number of ether oxygens (including phenoxy) is 1. The Labute approximate surface area is 72.6 Å². The maximum atomic E-state index is 11.4. The van der Waals surface area contributed by atoms with Crippen LogP contribution >= 0.6 is 0 Å². The molecule has 66 valence electrons. The zero-order valence-corrected chi connectivity index (χ0v) is 7.32. The summed E-state index contributed by atoms with van der Waals surface area (Å²) in [6, 6.07) is 0. The van der Waals surface area contributed by atoms with E-state index in [4.69, 9.17) is 4.74 Å². The van der Waals surface area contributed by atoms with Gasteiger partial charge in [-0.25, -0.2) is 0 Å². The lowest BCUT2D eigenvalue weighted by Crippen LogP contribution is -2.37. The lowest BCUT2D eigenvalue weighted by Gasteiger charge is -2.34. The fraction of sp³-hybridized carbons (Fsp3) is 0.700. The standard InChI is InChI=1S/C10H14O2/c1-7-3-2-4-8-5-6-12-10(11)9(7)8/h2,4,7-9H,3,5-6H2,1H3/t7-,8+,9+/m0/s1. The molecule has 0 aromatic carbocycles. The summed E-state index contributed by atoms with van der Waals surface area (Å²) in [5.41, 5.74) is 0. The topological polar surface area (TPSA) is 26.3 Å². The molecule has 0 aromatic heterocycles. The third kappa shape index (κ3) is 1.15. The first-order valence-electron chi connectivity index (χ1n) is 4.62. The van der Waals surface area contributed by atoms with Gasteiger partial charge in [-0.05, 0) is 24.7 Å². The number of cyclic esters (lactones) is 1. The minimum atomic E-state index is 0.0168. The largest absolute Gasteiger partial charge is 0.465 e. The second-order valence-electron chi connectivity index (χ2n) is 3.79. The number of carbonyl (C=O) groups is 1. The molecule has 2 rings (SSSR count). The average molecular weight is 166 g/mol. The van der Waals surface area contributed by atoms with Crippen LogP contribution < -0.4 is 0 Å². The van der Waals surface area contributed by atoms with E-state index in [2.05, 4.69) is 19.1 Å². The fourth-order valence-corrected chi connectivity index (χ4v) is 2.23. The Morgan fingerprint density at radius 2 is 2.42 bits per heavy atom. The molecule has 1 saturated heterocycles. The average Bonchev–Trinajstić information content (AvgIpc) is 2.04. The van der Waals surface area contributed by atoms with Gasteiger partial charge in [-0.15, -0.1) is 0 Å². The van der Waals surface area contributed by atoms with Gasteiger partial charge < -0.3 is 4.74 Å². The monoisotopic (exact) mass is 166 g/mol. The maximum absolute atomic E-state index is 11.4. The lowest BCUT2D eigenvalue weighted by molar-refractivity contribution is -0.158. The van der Waals surface area contributed by atoms with Gasteiger partial charge in [0, 0.05) is 0 Å². The minimum absolute atomic E-state index is 0.0168. The van der Waals surface area contributed by atoms with Crippen LogP contribution in [0.15, 0.2) is 12.2 Å². The smallest absolute Gasteiger partial charge is 0.309 e. The zero-order valence-electron chi connectivity index (χ0n) is 7.32. The molecule has 0 bridgehead atoms. The van der Waals surface area contributed by atoms with Crippen LogP contribution in [0.3, 0.4) is 0 Å². The van der Waals surface area contributed by atoms with E-state index in [-0.39, 0.29) is 11.9 Å². The molecule has 1 aliphatic heterocycles. The molecule has 2 aliphatic rings. The Morgan fingerprint density at radius 3 is 3.17 bits per heavy atom. The van der Waals surface area contributed by atoms with Gasteiger partial charge in [0.15, 0.2) is 0 Å². The van der Waals surface area contributed by atoms with Gasteiger partial charge in [-0.1, -0.05) is 19.1 Å². The van der Waals surface area contributed by atoms with E-state index in [1.54, 1.807) is 0 Å². The number of allylic oxidation sites excluding steroid dienone is 2. The molecule has 12 heavy (non-hydrogen) atoms. The minimum Gasteiger partial charge on any atom is -0.465 e. The first kappa shape index (κ1) is 7.84. The first-order chi connectivity index (χ1) is 5.79. The Morgan fingerprint density at radius 1 is 1.58 bits per heavy atom. The van der Waals surface area contributed by atoms with E-state index in [1.165, 1.54) is 0 Å². The van der Waals surface area contributed by atoms with Gasteiger partial charge in [-0.2, -0.15) is 0 Å². The second-order valence-corrected chi connectivity index (χ2v) is 3.79. The van der Waals surface area contributed by atoms with Crippen molar-refractivity contribution in [2.45, 2.75) is 19.8 Å². The number of carbonyl (C=O) groups excluding carboxylic acids is 1. The molecule has 0 amide bonds. The Balaban J connectivity index is 2.21. The summed E-state index contributed by atoms with van der Waals surface area (Å²) in [6.07, 6.45) is 6.42. The number of hydrogen-bond donors (Lipinski definition) is 0. The van der Waals surface area contributed by atoms with Gasteiger partial charge in [0.05, 0.1) is 12.5 Å². The van der Waals surface area contributed by atoms with Crippen molar-refractivity contribution in [3.05, 3.63) is 12.2 Å². The van der Waals surface area contributed by atoms with Crippen LogP contribution in [0.4, 0.5) is 0 Å². The molecule has 0 aromatic rings. The SMILES string of the molecule is C[C@H]1CC=C[C@@H]2CCOC(=O)[C@@H]21. The highest BCUT2D eigenvalue weighted by Gasteiger charge is 2.37. The summed E-state index contributed by atoms with van der Waals surface area (Å²) in [4.78, 5) is 11.4. The van der Waals surface area contributed by atoms with Crippen LogP contribution in [0.1, 0.15) is 19.8 Å². The molecule has 3 atom stereocenters. The van der Waals surface area contributed by atoms with E-state index in [0.717, 1.165) is 12.8 Å². The predicted octanol–water partition coefficient (Wildman–Crippen LogP) is 1.76. The molecule has 0 saturated carbocycles. The molecule has 0 radical (unpaired) electrons. The van der Waals surface area contributed by atoms with E-state index >= 15 is 0 Å². The van der Waals surface area contributed by atoms with Crippen LogP contribution in [0.25, 0.3) is 0 Å². The molecule has 2 heteroatoms. The summed E-state index contributed by atoms with van der Waals surface area (Å²) in [7, 11) is 0. The molecule has 0 N–H and O–H groups in total. The van der Waals surface area contributed by atoms with Crippen molar-refractivity contribution in [3.63, 3.8) is 0 Å². The highest BCUT2D eigenvalue weighted by molar-refractivity contribution is 5.74. The maximum Gasteiger partial charge on any atom is 0.309 e. The Hall–Kier alpha value is -0.790. The number of esters is 1. The zero-order chi connectivity index (χ0) is 8.55. The van der Waals surface area contributed by atoms with Gasteiger partial charge in [-0.3, -0.25) is 4.79 Å². The summed E-state index contributed by atoms with van der Waals surface area (Å²) in [6.45, 7) is 2.74. The molecule has 1 aliphatic carbocycles. The van der Waals surface area contributed by atoms with E-state index in [1.807, 2.05) is 0 Å².